The lowest BCUT2D eigenvalue weighted by molar-refractivity contribution is 0.211. The number of piperidine rings is 1. The molecule has 0 amide bonds. The summed E-state index contributed by atoms with van der Waals surface area (Å²) in [6.45, 7) is 6.26. The van der Waals surface area contributed by atoms with Gasteiger partial charge < -0.3 is 10.2 Å². The minimum atomic E-state index is -3.36. The van der Waals surface area contributed by atoms with Crippen LogP contribution in [0.15, 0.2) is 16.3 Å². The fraction of sp³-hybridized carbons (Fsp3) is 0.714. The minimum absolute atomic E-state index is 0.416. The largest absolute Gasteiger partial charge is 0.312 e. The second-order valence-electron chi connectivity index (χ2n) is 5.62. The van der Waals surface area contributed by atoms with Crippen molar-refractivity contribution in [1.82, 2.24) is 14.9 Å². The lowest BCUT2D eigenvalue weighted by Crippen LogP contribution is -2.38. The summed E-state index contributed by atoms with van der Waals surface area (Å²) < 4.78 is 27.8. The van der Waals surface area contributed by atoms with Gasteiger partial charge in [-0.3, -0.25) is 0 Å². The Balaban J connectivity index is 1.90. The average Bonchev–Trinajstić information content (AvgIpc) is 2.93. The van der Waals surface area contributed by atoms with Crippen molar-refractivity contribution >= 4 is 21.4 Å². The van der Waals surface area contributed by atoms with Gasteiger partial charge in [0.1, 0.15) is 4.21 Å². The van der Waals surface area contributed by atoms with E-state index in [1.165, 1.54) is 11.3 Å². The highest BCUT2D eigenvalue weighted by atomic mass is 32.2. The molecule has 1 aromatic heterocycles. The van der Waals surface area contributed by atoms with Crippen LogP contribution >= 0.6 is 11.3 Å². The number of hydrogen-bond acceptors (Lipinski definition) is 5. The van der Waals surface area contributed by atoms with Gasteiger partial charge in [-0.05, 0) is 51.0 Å². The summed E-state index contributed by atoms with van der Waals surface area (Å²) in [5.74, 6) is 0.416. The number of nitrogens with zero attached hydrogens (tertiary/aromatic N) is 1. The predicted octanol–water partition coefficient (Wildman–Crippen LogP) is 1.48. The number of hydrogen-bond donors (Lipinski definition) is 2. The van der Waals surface area contributed by atoms with Crippen molar-refractivity contribution in [2.75, 3.05) is 33.2 Å². The third-order valence-electron chi connectivity index (χ3n) is 3.74. The normalized spacial score (nSPS) is 20.8. The van der Waals surface area contributed by atoms with Gasteiger partial charge in [0.15, 0.2) is 0 Å². The molecule has 120 valence electrons. The van der Waals surface area contributed by atoms with Crippen LogP contribution in [0.3, 0.4) is 0 Å². The molecule has 2 N–H and O–H groups in total. The molecule has 1 aromatic rings. The van der Waals surface area contributed by atoms with Crippen LogP contribution in [-0.2, 0) is 16.6 Å². The van der Waals surface area contributed by atoms with Crippen LogP contribution in [-0.4, -0.2) is 46.5 Å². The maximum absolute atomic E-state index is 12.3. The summed E-state index contributed by atoms with van der Waals surface area (Å²) in [6.07, 6.45) is 2.25. The van der Waals surface area contributed by atoms with E-state index in [1.807, 2.05) is 13.0 Å². The number of sulfonamides is 1. The zero-order valence-electron chi connectivity index (χ0n) is 12.8. The van der Waals surface area contributed by atoms with Crippen molar-refractivity contribution < 1.29 is 8.42 Å². The van der Waals surface area contributed by atoms with Crippen molar-refractivity contribution in [3.63, 3.8) is 0 Å². The number of nitrogens with one attached hydrogen (secondary N) is 2. The van der Waals surface area contributed by atoms with E-state index in [4.69, 9.17) is 0 Å². The Hall–Kier alpha value is -0.470. The Labute approximate surface area is 131 Å². The molecule has 0 bridgehead atoms. The molecule has 1 saturated heterocycles. The molecule has 1 aliphatic heterocycles. The Bertz CT molecular complexity index is 542. The van der Waals surface area contributed by atoms with E-state index in [-0.39, 0.29) is 0 Å². The fourth-order valence-electron chi connectivity index (χ4n) is 2.58. The van der Waals surface area contributed by atoms with Crippen LogP contribution in [0.2, 0.25) is 0 Å². The van der Waals surface area contributed by atoms with Crippen LogP contribution in [0.25, 0.3) is 0 Å². The molecule has 7 heteroatoms. The first-order chi connectivity index (χ1) is 10.0. The topological polar surface area (TPSA) is 61.4 Å². The van der Waals surface area contributed by atoms with Crippen LogP contribution < -0.4 is 10.0 Å². The molecule has 1 unspecified atom stereocenters. The second-order valence-corrected chi connectivity index (χ2v) is 8.79. The minimum Gasteiger partial charge on any atom is -0.312 e. The van der Waals surface area contributed by atoms with Crippen molar-refractivity contribution in [1.29, 1.82) is 0 Å². The maximum Gasteiger partial charge on any atom is 0.250 e. The SMILES string of the molecule is CCNCc1ccc(S(=O)(=O)NCC2CCCN(C)C2)s1. The first-order valence-electron chi connectivity index (χ1n) is 7.49. The van der Waals surface area contributed by atoms with E-state index in [9.17, 15) is 8.42 Å². The molecule has 2 rings (SSSR count). The maximum atomic E-state index is 12.3. The van der Waals surface area contributed by atoms with Gasteiger partial charge in [0.05, 0.1) is 0 Å². The quantitative estimate of drug-likeness (QED) is 0.794. The van der Waals surface area contributed by atoms with Crippen LogP contribution in [0.4, 0.5) is 0 Å². The van der Waals surface area contributed by atoms with E-state index >= 15 is 0 Å². The molecule has 0 spiro atoms. The molecule has 2 heterocycles. The van der Waals surface area contributed by atoms with Crippen molar-refractivity contribution in [2.45, 2.75) is 30.5 Å². The van der Waals surface area contributed by atoms with Crippen molar-refractivity contribution in [3.8, 4) is 0 Å². The van der Waals surface area contributed by atoms with Gasteiger partial charge in [-0.25, -0.2) is 13.1 Å². The van der Waals surface area contributed by atoms with Crippen LogP contribution in [0.5, 0.6) is 0 Å². The van der Waals surface area contributed by atoms with Gasteiger partial charge in [0, 0.05) is 24.5 Å². The molecule has 0 radical (unpaired) electrons. The third kappa shape index (κ3) is 5.03. The van der Waals surface area contributed by atoms with Gasteiger partial charge in [-0.15, -0.1) is 11.3 Å². The molecule has 1 fully saturated rings. The summed E-state index contributed by atoms with van der Waals surface area (Å²) >= 11 is 1.34. The number of likely N-dealkylation sites (tertiary alicyclic amines) is 1. The van der Waals surface area contributed by atoms with E-state index in [2.05, 4.69) is 22.0 Å². The molecular formula is C14H25N3O2S2. The Morgan fingerprint density at radius 3 is 2.95 bits per heavy atom. The van der Waals surface area contributed by atoms with E-state index in [0.29, 0.717) is 16.7 Å². The predicted molar refractivity (Wildman–Crippen MR) is 87.1 cm³/mol. The van der Waals surface area contributed by atoms with Gasteiger partial charge in [-0.1, -0.05) is 6.92 Å². The molecule has 1 aliphatic rings. The van der Waals surface area contributed by atoms with Gasteiger partial charge in [0.25, 0.3) is 0 Å². The first kappa shape index (κ1) is 16.9. The third-order valence-corrected chi connectivity index (χ3v) is 6.74. The molecule has 0 aromatic carbocycles. The summed E-state index contributed by atoms with van der Waals surface area (Å²) in [4.78, 5) is 3.32. The Morgan fingerprint density at radius 1 is 1.43 bits per heavy atom. The molecular weight excluding hydrogens is 306 g/mol. The fourth-order valence-corrected chi connectivity index (χ4v) is 5.07. The van der Waals surface area contributed by atoms with Gasteiger partial charge in [0.2, 0.25) is 10.0 Å². The average molecular weight is 332 g/mol. The standard InChI is InChI=1S/C14H25N3O2S2/c1-3-15-10-13-6-7-14(20-13)21(18,19)16-9-12-5-4-8-17(2)11-12/h6-7,12,15-16H,3-5,8-11H2,1-2H3. The molecule has 0 saturated carbocycles. The van der Waals surface area contributed by atoms with E-state index in [1.54, 1.807) is 6.07 Å². The highest BCUT2D eigenvalue weighted by molar-refractivity contribution is 7.91. The van der Waals surface area contributed by atoms with Gasteiger partial charge >= 0.3 is 0 Å². The summed E-state index contributed by atoms with van der Waals surface area (Å²) in [5.41, 5.74) is 0. The van der Waals surface area contributed by atoms with Gasteiger partial charge in [-0.2, -0.15) is 0 Å². The highest BCUT2D eigenvalue weighted by Crippen LogP contribution is 2.22. The van der Waals surface area contributed by atoms with Crippen LogP contribution in [0, 0.1) is 5.92 Å². The van der Waals surface area contributed by atoms with Crippen molar-refractivity contribution in [2.24, 2.45) is 5.92 Å². The molecule has 5 nitrogen and oxygen atoms in total. The lowest BCUT2D eigenvalue weighted by Gasteiger charge is -2.29. The first-order valence-corrected chi connectivity index (χ1v) is 9.79. The summed E-state index contributed by atoms with van der Waals surface area (Å²) in [5, 5.41) is 3.21. The molecule has 0 aliphatic carbocycles. The highest BCUT2D eigenvalue weighted by Gasteiger charge is 2.21. The molecule has 21 heavy (non-hydrogen) atoms. The Morgan fingerprint density at radius 2 is 2.24 bits per heavy atom. The number of rotatable bonds is 7. The summed E-state index contributed by atoms with van der Waals surface area (Å²) in [6, 6.07) is 3.59. The smallest absolute Gasteiger partial charge is 0.250 e. The second kappa shape index (κ2) is 7.69. The zero-order chi connectivity index (χ0) is 15.3. The Kier molecular flexibility index (Phi) is 6.19. The van der Waals surface area contributed by atoms with E-state index in [0.717, 1.165) is 43.9 Å². The lowest BCUT2D eigenvalue weighted by atomic mass is 9.99. The monoisotopic (exact) mass is 331 g/mol. The molecule has 1 atom stereocenters. The zero-order valence-corrected chi connectivity index (χ0v) is 14.4. The van der Waals surface area contributed by atoms with E-state index < -0.39 is 10.0 Å². The van der Waals surface area contributed by atoms with Crippen LogP contribution in [0.1, 0.15) is 24.6 Å². The summed E-state index contributed by atoms with van der Waals surface area (Å²) in [7, 11) is -1.27. The van der Waals surface area contributed by atoms with Crippen molar-refractivity contribution in [3.05, 3.63) is 17.0 Å². The number of thiophene rings is 1.